The summed E-state index contributed by atoms with van der Waals surface area (Å²) in [5.41, 5.74) is 5.57. The molecule has 0 unspecified atom stereocenters. The predicted octanol–water partition coefficient (Wildman–Crippen LogP) is 0.994. The van der Waals surface area contributed by atoms with Crippen molar-refractivity contribution in [3.63, 3.8) is 0 Å². The summed E-state index contributed by atoms with van der Waals surface area (Å²) >= 11 is 0. The molecule has 0 saturated carbocycles. The molecule has 0 radical (unpaired) electrons. The average molecular weight is 292 g/mol. The number of carbonyl (C=O) groups excluding carboxylic acids is 1. The number of rotatable bonds is 3. The first-order valence-corrected chi connectivity index (χ1v) is 5.91. The highest BCUT2D eigenvalue weighted by Crippen LogP contribution is 2.22. The van der Waals surface area contributed by atoms with Crippen LogP contribution >= 0.6 is 0 Å². The summed E-state index contributed by atoms with van der Waals surface area (Å²) in [6.45, 7) is 0. The van der Waals surface area contributed by atoms with E-state index < -0.39 is 17.3 Å². The van der Waals surface area contributed by atoms with Gasteiger partial charge in [0.25, 0.3) is 5.91 Å². The number of halogens is 1. The first-order valence-electron chi connectivity index (χ1n) is 5.91. The fraction of sp³-hybridized carbons (Fsp3) is 0.154. The van der Waals surface area contributed by atoms with Crippen molar-refractivity contribution in [1.29, 1.82) is 0 Å². The lowest BCUT2D eigenvalue weighted by molar-refractivity contribution is 0.0691. The number of carboxylic acid groups (broad SMARTS) is 1. The molecule has 0 aliphatic rings. The Morgan fingerprint density at radius 2 is 2.05 bits per heavy atom. The van der Waals surface area contributed by atoms with Gasteiger partial charge in [-0.25, -0.2) is 13.9 Å². The van der Waals surface area contributed by atoms with Crippen molar-refractivity contribution in [2.75, 3.05) is 19.8 Å². The van der Waals surface area contributed by atoms with E-state index in [-0.39, 0.29) is 23.0 Å². The molecule has 0 atom stereocenters. The fourth-order valence-electron chi connectivity index (χ4n) is 1.74. The Hall–Kier alpha value is -2.90. The second-order valence-corrected chi connectivity index (χ2v) is 4.54. The Labute approximate surface area is 119 Å². The largest absolute Gasteiger partial charge is 0.478 e. The number of aromatic nitrogens is 2. The van der Waals surface area contributed by atoms with Crippen molar-refractivity contribution in [2.45, 2.75) is 0 Å². The van der Waals surface area contributed by atoms with Gasteiger partial charge < -0.3 is 15.7 Å². The van der Waals surface area contributed by atoms with Crippen LogP contribution in [0.5, 0.6) is 0 Å². The normalized spacial score (nSPS) is 10.4. The smallest absolute Gasteiger partial charge is 0.338 e. The van der Waals surface area contributed by atoms with E-state index >= 15 is 0 Å². The van der Waals surface area contributed by atoms with Crippen molar-refractivity contribution >= 4 is 17.6 Å². The highest BCUT2D eigenvalue weighted by Gasteiger charge is 2.17. The maximum absolute atomic E-state index is 13.7. The minimum absolute atomic E-state index is 0.0424. The van der Waals surface area contributed by atoms with Crippen LogP contribution in [0.15, 0.2) is 24.4 Å². The van der Waals surface area contributed by atoms with Crippen LogP contribution in [0.4, 0.5) is 10.1 Å². The second-order valence-electron chi connectivity index (χ2n) is 4.54. The molecule has 0 bridgehead atoms. The summed E-state index contributed by atoms with van der Waals surface area (Å²) in [5, 5.41) is 12.8. The van der Waals surface area contributed by atoms with Gasteiger partial charge in [0.05, 0.1) is 16.9 Å². The Kier molecular flexibility index (Phi) is 3.62. The van der Waals surface area contributed by atoms with E-state index in [9.17, 15) is 14.0 Å². The molecule has 2 rings (SSSR count). The highest BCUT2D eigenvalue weighted by molar-refractivity contribution is 5.92. The molecule has 8 heteroatoms. The van der Waals surface area contributed by atoms with Crippen LogP contribution < -0.4 is 5.73 Å². The SMILES string of the molecule is CN(C)C(=O)c1ccn(-c2cc(F)c(C(=O)O)cc2N)n1. The third-order valence-electron chi connectivity index (χ3n) is 2.81. The maximum atomic E-state index is 13.7. The zero-order chi connectivity index (χ0) is 15.7. The van der Waals surface area contributed by atoms with Gasteiger partial charge in [-0.2, -0.15) is 5.10 Å². The first-order chi connectivity index (χ1) is 9.81. The predicted molar refractivity (Wildman–Crippen MR) is 72.9 cm³/mol. The Morgan fingerprint density at radius 1 is 1.38 bits per heavy atom. The van der Waals surface area contributed by atoms with Crippen molar-refractivity contribution in [2.24, 2.45) is 0 Å². The van der Waals surface area contributed by atoms with Crippen LogP contribution in [0.1, 0.15) is 20.8 Å². The number of nitrogen functional groups attached to an aromatic ring is 1. The van der Waals surface area contributed by atoms with E-state index in [1.807, 2.05) is 0 Å². The van der Waals surface area contributed by atoms with Crippen LogP contribution in [-0.4, -0.2) is 45.8 Å². The summed E-state index contributed by atoms with van der Waals surface area (Å²) in [4.78, 5) is 23.9. The fourth-order valence-corrected chi connectivity index (χ4v) is 1.74. The number of benzene rings is 1. The Balaban J connectivity index is 2.46. The number of aromatic carboxylic acids is 1. The van der Waals surface area contributed by atoms with Gasteiger partial charge in [-0.15, -0.1) is 0 Å². The molecule has 110 valence electrons. The van der Waals surface area contributed by atoms with Crippen LogP contribution in [0, 0.1) is 5.82 Å². The Morgan fingerprint density at radius 3 is 2.62 bits per heavy atom. The topological polar surface area (TPSA) is 101 Å². The van der Waals surface area contributed by atoms with Crippen LogP contribution in [-0.2, 0) is 0 Å². The van der Waals surface area contributed by atoms with Gasteiger partial charge in [-0.1, -0.05) is 0 Å². The maximum Gasteiger partial charge on any atom is 0.338 e. The van der Waals surface area contributed by atoms with Crippen molar-refractivity contribution in [3.05, 3.63) is 41.5 Å². The van der Waals surface area contributed by atoms with E-state index in [1.54, 1.807) is 14.1 Å². The van der Waals surface area contributed by atoms with Crippen molar-refractivity contribution < 1.29 is 19.1 Å². The summed E-state index contributed by atoms with van der Waals surface area (Å²) < 4.78 is 14.9. The van der Waals surface area contributed by atoms with Gasteiger partial charge in [0.2, 0.25) is 0 Å². The highest BCUT2D eigenvalue weighted by atomic mass is 19.1. The van der Waals surface area contributed by atoms with Gasteiger partial charge >= 0.3 is 5.97 Å². The van der Waals surface area contributed by atoms with Crippen molar-refractivity contribution in [3.8, 4) is 5.69 Å². The number of amides is 1. The van der Waals surface area contributed by atoms with Crippen LogP contribution in [0.2, 0.25) is 0 Å². The number of carbonyl (C=O) groups is 2. The molecule has 1 aromatic heterocycles. The average Bonchev–Trinajstić information content (AvgIpc) is 2.88. The molecule has 0 spiro atoms. The molecule has 2 aromatic rings. The molecule has 1 aromatic carbocycles. The lowest BCUT2D eigenvalue weighted by atomic mass is 10.1. The van der Waals surface area contributed by atoms with Crippen LogP contribution in [0.3, 0.4) is 0 Å². The zero-order valence-electron chi connectivity index (χ0n) is 11.4. The number of hydrogen-bond acceptors (Lipinski definition) is 4. The summed E-state index contributed by atoms with van der Waals surface area (Å²) in [5.74, 6) is -2.65. The molecule has 0 aliphatic carbocycles. The quantitative estimate of drug-likeness (QED) is 0.822. The molecule has 0 aliphatic heterocycles. The second kappa shape index (κ2) is 5.23. The van der Waals surface area contributed by atoms with Gasteiger partial charge in [0, 0.05) is 26.4 Å². The third-order valence-corrected chi connectivity index (χ3v) is 2.81. The molecule has 1 heterocycles. The molecular formula is C13H13FN4O3. The number of carboxylic acids is 1. The first kappa shape index (κ1) is 14.5. The summed E-state index contributed by atoms with van der Waals surface area (Å²) in [6, 6.07) is 3.45. The number of anilines is 1. The molecule has 7 nitrogen and oxygen atoms in total. The van der Waals surface area contributed by atoms with Crippen molar-refractivity contribution in [1.82, 2.24) is 14.7 Å². The Bertz CT molecular complexity index is 724. The molecule has 1 amide bonds. The lowest BCUT2D eigenvalue weighted by Crippen LogP contribution is -2.22. The van der Waals surface area contributed by atoms with E-state index in [4.69, 9.17) is 10.8 Å². The number of nitrogens with zero attached hydrogens (tertiary/aromatic N) is 3. The molecule has 0 saturated heterocycles. The van der Waals surface area contributed by atoms with Crippen LogP contribution in [0.25, 0.3) is 5.69 Å². The molecule has 21 heavy (non-hydrogen) atoms. The zero-order valence-corrected chi connectivity index (χ0v) is 11.4. The van der Waals surface area contributed by atoms with Gasteiger partial charge in [-0.05, 0) is 12.1 Å². The van der Waals surface area contributed by atoms with E-state index in [0.717, 1.165) is 12.1 Å². The van der Waals surface area contributed by atoms with Gasteiger partial charge in [0.15, 0.2) is 5.69 Å². The summed E-state index contributed by atoms with van der Waals surface area (Å²) in [7, 11) is 3.16. The summed E-state index contributed by atoms with van der Waals surface area (Å²) in [6.07, 6.45) is 1.45. The molecular weight excluding hydrogens is 279 g/mol. The minimum Gasteiger partial charge on any atom is -0.478 e. The van der Waals surface area contributed by atoms with E-state index in [2.05, 4.69) is 5.10 Å². The van der Waals surface area contributed by atoms with Gasteiger partial charge in [-0.3, -0.25) is 4.79 Å². The van der Waals surface area contributed by atoms with E-state index in [1.165, 1.54) is 21.8 Å². The molecule has 0 fully saturated rings. The standard InChI is InChI=1S/C13H13FN4O3/c1-17(2)12(19)10-3-4-18(16-10)11-6-8(14)7(13(20)21)5-9(11)15/h3-6H,15H2,1-2H3,(H,20,21). The monoisotopic (exact) mass is 292 g/mol. The lowest BCUT2D eigenvalue weighted by Gasteiger charge is -2.09. The number of nitrogens with two attached hydrogens (primary N) is 1. The van der Waals surface area contributed by atoms with E-state index in [0.29, 0.717) is 0 Å². The minimum atomic E-state index is -1.41. The molecule has 3 N–H and O–H groups in total. The van der Waals surface area contributed by atoms with Gasteiger partial charge in [0.1, 0.15) is 5.82 Å². The third kappa shape index (κ3) is 2.69. The number of hydrogen-bond donors (Lipinski definition) is 2.